The summed E-state index contributed by atoms with van der Waals surface area (Å²) < 4.78 is 2.17. The number of aromatic nitrogens is 4. The summed E-state index contributed by atoms with van der Waals surface area (Å²) in [5, 5.41) is 13.9. The van der Waals surface area contributed by atoms with E-state index < -0.39 is 0 Å². The molecule has 0 radical (unpaired) electrons. The third-order valence-electron chi connectivity index (χ3n) is 3.99. The number of nitrogens with zero attached hydrogens (tertiary/aromatic N) is 4. The van der Waals surface area contributed by atoms with E-state index in [0.29, 0.717) is 26.6 Å². The molecule has 4 aromatic rings. The van der Waals surface area contributed by atoms with E-state index in [1.165, 1.54) is 33.6 Å². The van der Waals surface area contributed by atoms with Crippen molar-refractivity contribution in [2.75, 3.05) is 10.6 Å². The molecule has 0 bridgehead atoms. The fourth-order valence-electron chi connectivity index (χ4n) is 2.60. The first-order valence-electron chi connectivity index (χ1n) is 8.66. The van der Waals surface area contributed by atoms with E-state index >= 15 is 0 Å². The molecule has 10 heteroatoms. The van der Waals surface area contributed by atoms with Gasteiger partial charge in [0.05, 0.1) is 5.69 Å². The van der Waals surface area contributed by atoms with E-state index in [1.54, 1.807) is 18.3 Å². The second-order valence-electron chi connectivity index (χ2n) is 6.07. The SMILES string of the molecule is Cc1ccccc1NC(=O)Nc1nnc(SCc2cc(=O)n3ccccc3n2)s1. The standard InChI is InChI=1S/C19H16N6O2S2/c1-12-6-2-3-7-14(12)21-17(27)22-18-23-24-19(29-18)28-11-13-10-16(26)25-9-5-4-8-15(25)20-13/h2-10H,11H2,1H3,(H2,21,22,23,27). The van der Waals surface area contributed by atoms with E-state index in [1.807, 2.05) is 37.3 Å². The highest BCUT2D eigenvalue weighted by Crippen LogP contribution is 2.28. The normalized spacial score (nSPS) is 10.8. The molecule has 0 aliphatic rings. The van der Waals surface area contributed by atoms with Gasteiger partial charge in [0.15, 0.2) is 4.34 Å². The molecule has 4 rings (SSSR count). The van der Waals surface area contributed by atoms with Gasteiger partial charge in [0.25, 0.3) is 5.56 Å². The summed E-state index contributed by atoms with van der Waals surface area (Å²) in [7, 11) is 0. The number of amides is 2. The van der Waals surface area contributed by atoms with Gasteiger partial charge in [-0.1, -0.05) is 47.4 Å². The van der Waals surface area contributed by atoms with Gasteiger partial charge >= 0.3 is 6.03 Å². The van der Waals surface area contributed by atoms with Gasteiger partial charge in [-0.25, -0.2) is 9.78 Å². The van der Waals surface area contributed by atoms with Gasteiger partial charge in [0, 0.05) is 23.7 Å². The van der Waals surface area contributed by atoms with Crippen LogP contribution in [0, 0.1) is 6.92 Å². The van der Waals surface area contributed by atoms with Gasteiger partial charge in [-0.3, -0.25) is 14.5 Å². The van der Waals surface area contributed by atoms with Crippen LogP contribution in [0.15, 0.2) is 63.9 Å². The molecule has 1 aromatic carbocycles. The number of aryl methyl sites for hydroxylation is 1. The van der Waals surface area contributed by atoms with E-state index in [4.69, 9.17) is 0 Å². The van der Waals surface area contributed by atoms with Crippen LogP contribution in [-0.4, -0.2) is 25.6 Å². The van der Waals surface area contributed by atoms with Crippen LogP contribution in [0.1, 0.15) is 11.3 Å². The summed E-state index contributed by atoms with van der Waals surface area (Å²) in [5.41, 5.74) is 2.84. The van der Waals surface area contributed by atoms with Crippen LogP contribution in [0.4, 0.5) is 15.6 Å². The number of carbonyl (C=O) groups excluding carboxylic acids is 1. The molecule has 2 amide bonds. The molecule has 3 heterocycles. The molecule has 0 unspecified atom stereocenters. The summed E-state index contributed by atoms with van der Waals surface area (Å²) in [4.78, 5) is 28.8. The molecule has 0 atom stereocenters. The van der Waals surface area contributed by atoms with Crippen LogP contribution in [0.25, 0.3) is 5.65 Å². The smallest absolute Gasteiger partial charge is 0.307 e. The van der Waals surface area contributed by atoms with Crippen molar-refractivity contribution in [1.29, 1.82) is 0 Å². The van der Waals surface area contributed by atoms with Gasteiger partial charge in [-0.15, -0.1) is 10.2 Å². The summed E-state index contributed by atoms with van der Waals surface area (Å²) in [5.74, 6) is 0.477. The maximum atomic E-state index is 12.1. The molecular formula is C19H16N6O2S2. The highest BCUT2D eigenvalue weighted by Gasteiger charge is 2.11. The first kappa shape index (κ1) is 19.1. The van der Waals surface area contributed by atoms with Crippen LogP contribution < -0.4 is 16.2 Å². The predicted octanol–water partition coefficient (Wildman–Crippen LogP) is 3.79. The molecule has 3 aromatic heterocycles. The van der Waals surface area contributed by atoms with Gasteiger partial charge in [-0.05, 0) is 30.7 Å². The van der Waals surface area contributed by atoms with Gasteiger partial charge in [0.2, 0.25) is 5.13 Å². The Morgan fingerprint density at radius 1 is 1.14 bits per heavy atom. The predicted molar refractivity (Wildman–Crippen MR) is 115 cm³/mol. The summed E-state index contributed by atoms with van der Waals surface area (Å²) in [6.07, 6.45) is 1.69. The molecule has 0 saturated heterocycles. The molecule has 0 fully saturated rings. The molecule has 0 spiro atoms. The van der Waals surface area contributed by atoms with Crippen molar-refractivity contribution in [3.63, 3.8) is 0 Å². The summed E-state index contributed by atoms with van der Waals surface area (Å²) >= 11 is 2.67. The van der Waals surface area contributed by atoms with Crippen molar-refractivity contribution < 1.29 is 4.79 Å². The lowest BCUT2D eigenvalue weighted by Crippen LogP contribution is -2.19. The molecule has 29 heavy (non-hydrogen) atoms. The van der Waals surface area contributed by atoms with Crippen molar-refractivity contribution in [3.05, 3.63) is 76.3 Å². The highest BCUT2D eigenvalue weighted by atomic mass is 32.2. The maximum Gasteiger partial charge on any atom is 0.325 e. The fourth-order valence-corrected chi connectivity index (χ4v) is 4.23. The monoisotopic (exact) mass is 424 g/mol. The Bertz CT molecular complexity index is 1240. The number of carbonyl (C=O) groups is 1. The minimum atomic E-state index is -0.379. The lowest BCUT2D eigenvalue weighted by molar-refractivity contribution is 0.262. The minimum absolute atomic E-state index is 0.126. The summed E-state index contributed by atoms with van der Waals surface area (Å²) in [6.45, 7) is 1.92. The van der Waals surface area contributed by atoms with Gasteiger partial charge < -0.3 is 5.32 Å². The van der Waals surface area contributed by atoms with Crippen LogP contribution in [-0.2, 0) is 5.75 Å². The number of rotatable bonds is 5. The number of urea groups is 1. The Balaban J connectivity index is 1.38. The first-order chi connectivity index (χ1) is 14.1. The first-order valence-corrected chi connectivity index (χ1v) is 10.5. The largest absolute Gasteiger partial charge is 0.325 e. The number of benzene rings is 1. The number of hydrogen-bond donors (Lipinski definition) is 2. The van der Waals surface area contributed by atoms with E-state index in [9.17, 15) is 9.59 Å². The lowest BCUT2D eigenvalue weighted by atomic mass is 10.2. The Kier molecular flexibility index (Phi) is 5.54. The maximum absolute atomic E-state index is 12.1. The Morgan fingerprint density at radius 3 is 2.83 bits per heavy atom. The van der Waals surface area contributed by atoms with E-state index in [-0.39, 0.29) is 11.6 Å². The highest BCUT2D eigenvalue weighted by molar-refractivity contribution is 8.00. The van der Waals surface area contributed by atoms with Gasteiger partial charge in [-0.2, -0.15) is 0 Å². The van der Waals surface area contributed by atoms with Crippen molar-refractivity contribution in [2.24, 2.45) is 0 Å². The zero-order chi connectivity index (χ0) is 20.2. The third kappa shape index (κ3) is 4.61. The van der Waals surface area contributed by atoms with E-state index in [2.05, 4.69) is 25.8 Å². The van der Waals surface area contributed by atoms with Gasteiger partial charge in [0.1, 0.15) is 5.65 Å². The zero-order valence-corrected chi connectivity index (χ0v) is 17.0. The Labute approximate surface area is 174 Å². The number of pyridine rings is 1. The fraction of sp³-hybridized carbons (Fsp3) is 0.105. The molecule has 146 valence electrons. The molecular weight excluding hydrogens is 408 g/mol. The van der Waals surface area contributed by atoms with Crippen molar-refractivity contribution in [3.8, 4) is 0 Å². The van der Waals surface area contributed by atoms with Crippen LogP contribution in [0.3, 0.4) is 0 Å². The topological polar surface area (TPSA) is 101 Å². The Hall–Kier alpha value is -3.24. The van der Waals surface area contributed by atoms with Crippen molar-refractivity contribution >= 4 is 45.6 Å². The molecule has 8 nitrogen and oxygen atoms in total. The van der Waals surface area contributed by atoms with Crippen LogP contribution in [0.2, 0.25) is 0 Å². The van der Waals surface area contributed by atoms with Crippen LogP contribution in [0.5, 0.6) is 0 Å². The second kappa shape index (κ2) is 8.41. The zero-order valence-electron chi connectivity index (χ0n) is 15.3. The van der Waals surface area contributed by atoms with Crippen molar-refractivity contribution in [2.45, 2.75) is 17.0 Å². The third-order valence-corrected chi connectivity index (χ3v) is 5.99. The number of fused-ring (bicyclic) bond motifs is 1. The van der Waals surface area contributed by atoms with Crippen molar-refractivity contribution in [1.82, 2.24) is 19.6 Å². The lowest BCUT2D eigenvalue weighted by Gasteiger charge is -2.07. The number of nitrogens with one attached hydrogen (secondary N) is 2. The average molecular weight is 425 g/mol. The number of anilines is 2. The second-order valence-corrected chi connectivity index (χ2v) is 8.27. The number of thioether (sulfide) groups is 1. The number of para-hydroxylation sites is 1. The molecule has 0 saturated carbocycles. The van der Waals surface area contributed by atoms with E-state index in [0.717, 1.165) is 11.3 Å². The molecule has 0 aliphatic heterocycles. The average Bonchev–Trinajstić information content (AvgIpc) is 3.15. The quantitative estimate of drug-likeness (QED) is 0.373. The molecule has 2 N–H and O–H groups in total. The summed E-state index contributed by atoms with van der Waals surface area (Å²) in [6, 6.07) is 14.1. The molecule has 0 aliphatic carbocycles. The van der Waals surface area contributed by atoms with Crippen LogP contribution >= 0.6 is 23.1 Å². The number of hydrogen-bond acceptors (Lipinski definition) is 7. The Morgan fingerprint density at radius 2 is 1.97 bits per heavy atom. The minimum Gasteiger partial charge on any atom is -0.307 e.